The number of aromatic nitrogens is 4. The summed E-state index contributed by atoms with van der Waals surface area (Å²) in [6.07, 6.45) is 1.93. The molecule has 0 fully saturated rings. The number of carbonyl (C=O) groups is 1. The molecule has 0 amide bonds. The molecule has 2 heterocycles. The van der Waals surface area contributed by atoms with E-state index in [0.717, 1.165) is 22.7 Å². The van der Waals surface area contributed by atoms with Crippen LogP contribution in [0.2, 0.25) is 0 Å². The Bertz CT molecular complexity index is 829. The minimum absolute atomic E-state index is 0.241. The number of nitrogens with zero attached hydrogens (tertiary/aromatic N) is 4. The van der Waals surface area contributed by atoms with E-state index in [2.05, 4.69) is 10.1 Å². The fourth-order valence-corrected chi connectivity index (χ4v) is 2.44. The Labute approximate surface area is 115 Å². The number of aryl methyl sites for hydroxylation is 3. The fraction of sp³-hybridized carbons (Fsp3) is 0.214. The van der Waals surface area contributed by atoms with Gasteiger partial charge in [0.2, 0.25) is 0 Å². The van der Waals surface area contributed by atoms with Gasteiger partial charge in [-0.1, -0.05) is 0 Å². The molecule has 6 heteroatoms. The van der Waals surface area contributed by atoms with E-state index in [0.29, 0.717) is 5.52 Å². The largest absolute Gasteiger partial charge is 0.478 e. The van der Waals surface area contributed by atoms with Gasteiger partial charge >= 0.3 is 5.97 Å². The van der Waals surface area contributed by atoms with Gasteiger partial charge in [0.25, 0.3) is 0 Å². The van der Waals surface area contributed by atoms with Gasteiger partial charge in [-0.25, -0.2) is 9.78 Å². The molecule has 0 saturated carbocycles. The molecule has 0 bridgehead atoms. The van der Waals surface area contributed by atoms with Crippen LogP contribution in [0.4, 0.5) is 0 Å². The first-order valence-electron chi connectivity index (χ1n) is 6.20. The molecular weight excluding hydrogens is 256 g/mol. The van der Waals surface area contributed by atoms with Crippen molar-refractivity contribution in [2.75, 3.05) is 0 Å². The maximum Gasteiger partial charge on any atom is 0.335 e. The molecule has 0 spiro atoms. The number of hydrogen-bond donors (Lipinski definition) is 1. The molecule has 2 aromatic heterocycles. The zero-order chi connectivity index (χ0) is 14.4. The number of hydrogen-bond acceptors (Lipinski definition) is 3. The van der Waals surface area contributed by atoms with Gasteiger partial charge in [-0.05, 0) is 32.0 Å². The van der Waals surface area contributed by atoms with E-state index in [1.54, 1.807) is 22.9 Å². The lowest BCUT2D eigenvalue weighted by atomic mass is 10.2. The van der Waals surface area contributed by atoms with E-state index in [9.17, 15) is 4.79 Å². The molecule has 6 nitrogen and oxygen atoms in total. The molecule has 1 N–H and O–H groups in total. The van der Waals surface area contributed by atoms with Crippen LogP contribution in [0.3, 0.4) is 0 Å². The first-order chi connectivity index (χ1) is 9.47. The summed E-state index contributed by atoms with van der Waals surface area (Å²) in [5.74, 6) is -0.143. The van der Waals surface area contributed by atoms with Crippen LogP contribution in [0.25, 0.3) is 16.7 Å². The Balaban J connectivity index is 2.29. The van der Waals surface area contributed by atoms with Crippen LogP contribution in [0.1, 0.15) is 21.9 Å². The molecule has 0 radical (unpaired) electrons. The molecule has 0 unspecified atom stereocenters. The summed E-state index contributed by atoms with van der Waals surface area (Å²) in [5, 5.41) is 13.4. The lowest BCUT2D eigenvalue weighted by Crippen LogP contribution is -1.98. The van der Waals surface area contributed by atoms with Crippen LogP contribution in [0.5, 0.6) is 0 Å². The molecule has 0 aliphatic heterocycles. The molecule has 3 rings (SSSR count). The van der Waals surface area contributed by atoms with Gasteiger partial charge in [-0.3, -0.25) is 9.25 Å². The molecular formula is C14H14N4O2. The van der Waals surface area contributed by atoms with Crippen LogP contribution in [0.15, 0.2) is 24.4 Å². The first-order valence-corrected chi connectivity index (χ1v) is 6.20. The summed E-state index contributed by atoms with van der Waals surface area (Å²) >= 11 is 0. The fourth-order valence-electron chi connectivity index (χ4n) is 2.44. The summed E-state index contributed by atoms with van der Waals surface area (Å²) < 4.78 is 3.74. The Morgan fingerprint density at radius 2 is 2.05 bits per heavy atom. The van der Waals surface area contributed by atoms with Crippen molar-refractivity contribution in [1.82, 2.24) is 19.3 Å². The number of benzene rings is 1. The third-order valence-electron chi connectivity index (χ3n) is 3.30. The predicted molar refractivity (Wildman–Crippen MR) is 74.3 cm³/mol. The number of carboxylic acids is 1. The van der Waals surface area contributed by atoms with Crippen LogP contribution >= 0.6 is 0 Å². The highest BCUT2D eigenvalue weighted by Crippen LogP contribution is 2.23. The van der Waals surface area contributed by atoms with E-state index in [-0.39, 0.29) is 5.56 Å². The van der Waals surface area contributed by atoms with Crippen molar-refractivity contribution in [3.63, 3.8) is 0 Å². The smallest absolute Gasteiger partial charge is 0.335 e. The lowest BCUT2D eigenvalue weighted by Gasteiger charge is -2.04. The Hall–Kier alpha value is -2.63. The lowest BCUT2D eigenvalue weighted by molar-refractivity contribution is 0.0697. The van der Waals surface area contributed by atoms with Gasteiger partial charge in [-0.2, -0.15) is 5.10 Å². The second kappa shape index (κ2) is 4.19. The Kier molecular flexibility index (Phi) is 2.60. The monoisotopic (exact) mass is 270 g/mol. The molecule has 3 aromatic rings. The second-order valence-corrected chi connectivity index (χ2v) is 4.78. The number of carboxylic acid groups (broad SMARTS) is 1. The minimum Gasteiger partial charge on any atom is -0.478 e. The average molecular weight is 270 g/mol. The molecule has 102 valence electrons. The normalized spacial score (nSPS) is 11.2. The highest BCUT2D eigenvalue weighted by atomic mass is 16.4. The molecule has 0 aliphatic carbocycles. The highest BCUT2D eigenvalue weighted by molar-refractivity contribution is 5.92. The van der Waals surface area contributed by atoms with Crippen LogP contribution in [-0.4, -0.2) is 30.4 Å². The second-order valence-electron chi connectivity index (χ2n) is 4.78. The van der Waals surface area contributed by atoms with E-state index in [4.69, 9.17) is 5.11 Å². The van der Waals surface area contributed by atoms with Crippen molar-refractivity contribution in [2.45, 2.75) is 13.8 Å². The van der Waals surface area contributed by atoms with Gasteiger partial charge in [0.15, 0.2) is 0 Å². The van der Waals surface area contributed by atoms with Gasteiger partial charge in [0.05, 0.1) is 28.0 Å². The molecule has 0 aliphatic rings. The number of imidazole rings is 1. The van der Waals surface area contributed by atoms with Gasteiger partial charge in [0, 0.05) is 13.2 Å². The zero-order valence-electron chi connectivity index (χ0n) is 11.5. The van der Waals surface area contributed by atoms with Gasteiger partial charge < -0.3 is 5.11 Å². The van der Waals surface area contributed by atoms with E-state index in [1.807, 2.05) is 31.7 Å². The van der Waals surface area contributed by atoms with Crippen molar-refractivity contribution in [2.24, 2.45) is 7.05 Å². The van der Waals surface area contributed by atoms with Gasteiger partial charge in [0.1, 0.15) is 5.82 Å². The minimum atomic E-state index is -0.948. The van der Waals surface area contributed by atoms with E-state index >= 15 is 0 Å². The maximum atomic E-state index is 11.0. The summed E-state index contributed by atoms with van der Waals surface area (Å²) in [5.41, 5.74) is 3.65. The highest BCUT2D eigenvalue weighted by Gasteiger charge is 2.15. The van der Waals surface area contributed by atoms with Crippen molar-refractivity contribution < 1.29 is 9.90 Å². The van der Waals surface area contributed by atoms with Crippen molar-refractivity contribution in [1.29, 1.82) is 0 Å². The van der Waals surface area contributed by atoms with E-state index in [1.165, 1.54) is 0 Å². The van der Waals surface area contributed by atoms with Crippen molar-refractivity contribution in [3.05, 3.63) is 41.5 Å². The zero-order valence-corrected chi connectivity index (χ0v) is 11.5. The SMILES string of the molecule is Cc1nn(C)cc1-n1c(C)nc2cc(C(=O)O)ccc21. The van der Waals surface area contributed by atoms with Crippen LogP contribution < -0.4 is 0 Å². The number of aromatic carboxylic acids is 1. The molecule has 0 saturated heterocycles. The summed E-state index contributed by atoms with van der Waals surface area (Å²) in [7, 11) is 1.87. The Morgan fingerprint density at radius 3 is 2.65 bits per heavy atom. The van der Waals surface area contributed by atoms with Crippen molar-refractivity contribution in [3.8, 4) is 5.69 Å². The maximum absolute atomic E-state index is 11.0. The quantitative estimate of drug-likeness (QED) is 0.773. The average Bonchev–Trinajstić information content (AvgIpc) is 2.86. The third-order valence-corrected chi connectivity index (χ3v) is 3.30. The third kappa shape index (κ3) is 1.77. The predicted octanol–water partition coefficient (Wildman–Crippen LogP) is 2.07. The van der Waals surface area contributed by atoms with Crippen LogP contribution in [-0.2, 0) is 7.05 Å². The van der Waals surface area contributed by atoms with E-state index < -0.39 is 5.97 Å². The Morgan fingerprint density at radius 1 is 1.30 bits per heavy atom. The van der Waals surface area contributed by atoms with Gasteiger partial charge in [-0.15, -0.1) is 0 Å². The standard InChI is InChI=1S/C14H14N4O2/c1-8-13(7-17(3)16-8)18-9(2)15-11-6-10(14(19)20)4-5-12(11)18/h4-7H,1-3H3,(H,19,20). The van der Waals surface area contributed by atoms with Crippen molar-refractivity contribution >= 4 is 17.0 Å². The first kappa shape index (κ1) is 12.4. The van der Waals surface area contributed by atoms with Crippen LogP contribution in [0, 0.1) is 13.8 Å². The molecule has 20 heavy (non-hydrogen) atoms. The summed E-state index contributed by atoms with van der Waals surface area (Å²) in [6, 6.07) is 4.96. The number of fused-ring (bicyclic) bond motifs is 1. The summed E-state index contributed by atoms with van der Waals surface area (Å²) in [4.78, 5) is 15.5. The number of rotatable bonds is 2. The molecule has 1 aromatic carbocycles. The molecule has 0 atom stereocenters. The summed E-state index contributed by atoms with van der Waals surface area (Å²) in [6.45, 7) is 3.83. The topological polar surface area (TPSA) is 72.9 Å².